The van der Waals surface area contributed by atoms with Gasteiger partial charge < -0.3 is 14.6 Å². The number of carbonyl (C=O) groups excluding carboxylic acids is 2. The van der Waals surface area contributed by atoms with Crippen LogP contribution < -0.4 is 10.1 Å². The SMILES string of the molecule is CCC(=O)Cc1c(NC(=O)OC(C)(C)C)cc(C(=O)O)cc1OC. The highest BCUT2D eigenvalue weighted by molar-refractivity contribution is 5.95. The summed E-state index contributed by atoms with van der Waals surface area (Å²) in [5, 5.41) is 11.7. The van der Waals surface area contributed by atoms with E-state index in [2.05, 4.69) is 5.32 Å². The molecule has 0 saturated carbocycles. The number of methoxy groups -OCH3 is 1. The van der Waals surface area contributed by atoms with Crippen molar-refractivity contribution in [2.75, 3.05) is 12.4 Å². The van der Waals surface area contributed by atoms with Crippen LogP contribution in [-0.4, -0.2) is 35.7 Å². The molecule has 1 aromatic carbocycles. The number of ketones is 1. The average Bonchev–Trinajstić information content (AvgIpc) is 2.46. The number of anilines is 1. The zero-order valence-electron chi connectivity index (χ0n) is 14.6. The Bertz CT molecular complexity index is 645. The number of carbonyl (C=O) groups is 3. The summed E-state index contributed by atoms with van der Waals surface area (Å²) < 4.78 is 10.4. The molecule has 0 aliphatic heterocycles. The van der Waals surface area contributed by atoms with Gasteiger partial charge in [-0.25, -0.2) is 9.59 Å². The van der Waals surface area contributed by atoms with Gasteiger partial charge in [-0.2, -0.15) is 0 Å². The second-order valence-corrected chi connectivity index (χ2v) is 6.21. The number of nitrogens with one attached hydrogen (secondary N) is 1. The highest BCUT2D eigenvalue weighted by Gasteiger charge is 2.21. The smallest absolute Gasteiger partial charge is 0.412 e. The number of Topliss-reactive ketones (excluding diaryl/α,β-unsaturated/α-hetero) is 1. The first-order valence-corrected chi connectivity index (χ1v) is 7.53. The molecule has 7 heteroatoms. The lowest BCUT2D eigenvalue weighted by Crippen LogP contribution is -2.27. The lowest BCUT2D eigenvalue weighted by molar-refractivity contribution is -0.118. The molecule has 0 aliphatic carbocycles. The van der Waals surface area contributed by atoms with Crippen LogP contribution in [0.2, 0.25) is 0 Å². The monoisotopic (exact) mass is 337 g/mol. The Morgan fingerprint density at radius 3 is 2.29 bits per heavy atom. The fourth-order valence-electron chi connectivity index (χ4n) is 1.98. The summed E-state index contributed by atoms with van der Waals surface area (Å²) in [5.41, 5.74) is -0.175. The van der Waals surface area contributed by atoms with Gasteiger partial charge in [0.15, 0.2) is 0 Å². The van der Waals surface area contributed by atoms with E-state index < -0.39 is 17.7 Å². The lowest BCUT2D eigenvalue weighted by Gasteiger charge is -2.21. The van der Waals surface area contributed by atoms with Gasteiger partial charge in [-0.05, 0) is 32.9 Å². The maximum atomic E-state index is 12.0. The molecule has 0 spiro atoms. The number of amides is 1. The molecular formula is C17H23NO6. The number of rotatable bonds is 6. The van der Waals surface area contributed by atoms with Gasteiger partial charge in [-0.3, -0.25) is 10.1 Å². The molecule has 0 fully saturated rings. The van der Waals surface area contributed by atoms with Gasteiger partial charge in [0.2, 0.25) is 0 Å². The molecule has 0 atom stereocenters. The molecule has 1 rings (SSSR count). The lowest BCUT2D eigenvalue weighted by atomic mass is 10.0. The van der Waals surface area contributed by atoms with Crippen molar-refractivity contribution in [1.82, 2.24) is 0 Å². The molecule has 7 nitrogen and oxygen atoms in total. The topological polar surface area (TPSA) is 102 Å². The number of benzene rings is 1. The average molecular weight is 337 g/mol. The Kier molecular flexibility index (Phi) is 6.34. The first-order valence-electron chi connectivity index (χ1n) is 7.53. The summed E-state index contributed by atoms with van der Waals surface area (Å²) in [6.45, 7) is 6.86. The van der Waals surface area contributed by atoms with Crippen molar-refractivity contribution in [1.29, 1.82) is 0 Å². The zero-order chi connectivity index (χ0) is 18.5. The molecule has 0 unspecified atom stereocenters. The number of hydrogen-bond acceptors (Lipinski definition) is 5. The molecule has 1 amide bonds. The van der Waals surface area contributed by atoms with Crippen LogP contribution in [0.25, 0.3) is 0 Å². The highest BCUT2D eigenvalue weighted by Crippen LogP contribution is 2.30. The van der Waals surface area contributed by atoms with Gasteiger partial charge in [0.1, 0.15) is 17.1 Å². The van der Waals surface area contributed by atoms with Gasteiger partial charge in [0, 0.05) is 18.4 Å². The number of carboxylic acid groups (broad SMARTS) is 1. The van der Waals surface area contributed by atoms with Crippen LogP contribution in [0.15, 0.2) is 12.1 Å². The van der Waals surface area contributed by atoms with Crippen molar-refractivity contribution in [3.05, 3.63) is 23.3 Å². The Hall–Kier alpha value is -2.57. The van der Waals surface area contributed by atoms with E-state index in [9.17, 15) is 19.5 Å². The molecule has 132 valence electrons. The van der Waals surface area contributed by atoms with Crippen LogP contribution in [0, 0.1) is 0 Å². The summed E-state index contributed by atoms with van der Waals surface area (Å²) in [6.07, 6.45) is -0.405. The van der Waals surface area contributed by atoms with Crippen molar-refractivity contribution < 1.29 is 29.0 Å². The standard InChI is InChI=1S/C17H23NO6/c1-6-11(19)9-12-13(18-16(22)24-17(2,3)4)7-10(15(20)21)8-14(12)23-5/h7-8H,6,9H2,1-5H3,(H,18,22)(H,20,21). The summed E-state index contributed by atoms with van der Waals surface area (Å²) in [6, 6.07) is 2.61. The first-order chi connectivity index (χ1) is 11.1. The maximum Gasteiger partial charge on any atom is 0.412 e. The zero-order valence-corrected chi connectivity index (χ0v) is 14.6. The molecule has 24 heavy (non-hydrogen) atoms. The minimum atomic E-state index is -1.17. The molecular weight excluding hydrogens is 314 g/mol. The molecule has 0 bridgehead atoms. The second-order valence-electron chi connectivity index (χ2n) is 6.21. The van der Waals surface area contributed by atoms with Crippen LogP contribution >= 0.6 is 0 Å². The normalized spacial score (nSPS) is 10.9. The maximum absolute atomic E-state index is 12.0. The van der Waals surface area contributed by atoms with E-state index in [1.807, 2.05) is 0 Å². The third-order valence-electron chi connectivity index (χ3n) is 3.08. The third-order valence-corrected chi connectivity index (χ3v) is 3.08. The molecule has 0 aliphatic rings. The molecule has 0 saturated heterocycles. The fourth-order valence-corrected chi connectivity index (χ4v) is 1.98. The Balaban J connectivity index is 3.30. The molecule has 0 aromatic heterocycles. The second kappa shape index (κ2) is 7.81. The molecule has 0 radical (unpaired) electrons. The molecule has 1 aromatic rings. The van der Waals surface area contributed by atoms with Crippen LogP contribution in [0.4, 0.5) is 10.5 Å². The van der Waals surface area contributed by atoms with E-state index in [1.54, 1.807) is 27.7 Å². The fraction of sp³-hybridized carbons (Fsp3) is 0.471. The van der Waals surface area contributed by atoms with E-state index in [-0.39, 0.29) is 29.2 Å². The van der Waals surface area contributed by atoms with Crippen molar-refractivity contribution in [3.8, 4) is 5.75 Å². The van der Waals surface area contributed by atoms with Crippen molar-refractivity contribution >= 4 is 23.5 Å². The van der Waals surface area contributed by atoms with E-state index in [4.69, 9.17) is 9.47 Å². The molecule has 2 N–H and O–H groups in total. The number of carboxylic acids is 1. The van der Waals surface area contributed by atoms with Gasteiger partial charge in [0.25, 0.3) is 0 Å². The number of aromatic carboxylic acids is 1. The quantitative estimate of drug-likeness (QED) is 0.826. The summed E-state index contributed by atoms with van der Waals surface area (Å²) in [5.74, 6) is -1.01. The van der Waals surface area contributed by atoms with E-state index in [0.717, 1.165) is 0 Å². The first kappa shape index (κ1) is 19.5. The molecule has 0 heterocycles. The predicted octanol–water partition coefficient (Wildman–Crippen LogP) is 3.26. The minimum Gasteiger partial charge on any atom is -0.496 e. The summed E-state index contributed by atoms with van der Waals surface area (Å²) >= 11 is 0. The van der Waals surface area contributed by atoms with Crippen molar-refractivity contribution in [2.24, 2.45) is 0 Å². The predicted molar refractivity (Wildman–Crippen MR) is 88.8 cm³/mol. The third kappa shape index (κ3) is 5.57. The van der Waals surface area contributed by atoms with E-state index >= 15 is 0 Å². The van der Waals surface area contributed by atoms with Crippen molar-refractivity contribution in [2.45, 2.75) is 46.1 Å². The Morgan fingerprint density at radius 1 is 1.21 bits per heavy atom. The van der Waals surface area contributed by atoms with Crippen LogP contribution in [-0.2, 0) is 16.0 Å². The number of hydrogen-bond donors (Lipinski definition) is 2. The van der Waals surface area contributed by atoms with Gasteiger partial charge in [-0.15, -0.1) is 0 Å². The van der Waals surface area contributed by atoms with Crippen LogP contribution in [0.5, 0.6) is 5.75 Å². The highest BCUT2D eigenvalue weighted by atomic mass is 16.6. The van der Waals surface area contributed by atoms with Gasteiger partial charge in [0.05, 0.1) is 18.4 Å². The summed E-state index contributed by atoms with van der Waals surface area (Å²) in [7, 11) is 1.37. The van der Waals surface area contributed by atoms with E-state index in [1.165, 1.54) is 19.2 Å². The van der Waals surface area contributed by atoms with Crippen LogP contribution in [0.1, 0.15) is 50.0 Å². The van der Waals surface area contributed by atoms with Crippen LogP contribution in [0.3, 0.4) is 0 Å². The van der Waals surface area contributed by atoms with Gasteiger partial charge in [-0.1, -0.05) is 6.92 Å². The largest absolute Gasteiger partial charge is 0.496 e. The summed E-state index contributed by atoms with van der Waals surface area (Å²) in [4.78, 5) is 35.1. The number of ether oxygens (including phenoxy) is 2. The van der Waals surface area contributed by atoms with E-state index in [0.29, 0.717) is 12.0 Å². The van der Waals surface area contributed by atoms with Crippen molar-refractivity contribution in [3.63, 3.8) is 0 Å². The minimum absolute atomic E-state index is 0.0186. The Morgan fingerprint density at radius 2 is 1.83 bits per heavy atom. The Labute approximate surface area is 141 Å². The van der Waals surface area contributed by atoms with Gasteiger partial charge >= 0.3 is 12.1 Å².